The summed E-state index contributed by atoms with van der Waals surface area (Å²) in [6.07, 6.45) is 0. The van der Waals surface area contributed by atoms with E-state index in [-0.39, 0.29) is 0 Å². The van der Waals surface area contributed by atoms with Gasteiger partial charge in [0.25, 0.3) is 0 Å². The molecule has 0 amide bonds. The molecule has 1 nitrogen and oxygen atoms in total. The van der Waals surface area contributed by atoms with Crippen LogP contribution in [-0.4, -0.2) is 8.07 Å². The molecule has 0 bridgehead atoms. The van der Waals surface area contributed by atoms with Gasteiger partial charge in [-0.3, -0.25) is 0 Å². The topological polar surface area (TPSA) is 23.8 Å². The molecule has 2 heteroatoms. The lowest BCUT2D eigenvalue weighted by atomic mass is 10.2. The maximum Gasteiger partial charge on any atom is 0.0990 e. The third-order valence-corrected chi connectivity index (χ3v) is 5.90. The molecule has 0 spiro atoms. The minimum Gasteiger partial charge on any atom is -0.192 e. The second-order valence-electron chi connectivity index (χ2n) is 4.68. The van der Waals surface area contributed by atoms with Crippen molar-refractivity contribution in [3.63, 3.8) is 0 Å². The van der Waals surface area contributed by atoms with E-state index in [9.17, 15) is 0 Å². The number of hydrogen-bond donors (Lipinski definition) is 0. The molecule has 1 rings (SSSR count). The van der Waals surface area contributed by atoms with E-state index in [0.717, 1.165) is 11.6 Å². The Morgan fingerprint density at radius 3 is 2.53 bits per heavy atom. The lowest BCUT2D eigenvalue weighted by molar-refractivity contribution is 1.34. The molecular formula is C13H17NSi. The summed E-state index contributed by atoms with van der Waals surface area (Å²) < 4.78 is 0. The number of benzene rings is 1. The Hall–Kier alpha value is -1.33. The van der Waals surface area contributed by atoms with Crippen LogP contribution < -0.4 is 5.19 Å². The fourth-order valence-corrected chi connectivity index (χ4v) is 5.14. The third-order valence-electron chi connectivity index (χ3n) is 2.52. The zero-order valence-electron chi connectivity index (χ0n) is 9.67. The van der Waals surface area contributed by atoms with Gasteiger partial charge in [0, 0.05) is 0 Å². The van der Waals surface area contributed by atoms with E-state index in [0.29, 0.717) is 0 Å². The molecule has 15 heavy (non-hydrogen) atoms. The first-order chi connectivity index (χ1) is 6.97. The summed E-state index contributed by atoms with van der Waals surface area (Å²) in [6, 6.07) is 11.3. The molecule has 0 aliphatic heterocycles. The van der Waals surface area contributed by atoms with Crippen molar-refractivity contribution in [1.29, 1.82) is 5.26 Å². The molecule has 1 aromatic carbocycles. The van der Waals surface area contributed by atoms with Gasteiger partial charge in [-0.05, 0) is 24.2 Å². The van der Waals surface area contributed by atoms with Gasteiger partial charge in [0.2, 0.25) is 0 Å². The number of rotatable bonds is 3. The van der Waals surface area contributed by atoms with Crippen LogP contribution in [-0.2, 0) is 0 Å². The van der Waals surface area contributed by atoms with E-state index < -0.39 is 8.07 Å². The predicted octanol–water partition coefficient (Wildman–Crippen LogP) is 3.05. The molecule has 0 fully saturated rings. The smallest absolute Gasteiger partial charge is 0.0990 e. The first-order valence-electron chi connectivity index (χ1n) is 5.11. The lowest BCUT2D eigenvalue weighted by Crippen LogP contribution is -2.42. The van der Waals surface area contributed by atoms with Gasteiger partial charge in [-0.1, -0.05) is 36.9 Å². The summed E-state index contributed by atoms with van der Waals surface area (Å²) >= 11 is 0. The third kappa shape index (κ3) is 2.81. The van der Waals surface area contributed by atoms with Crippen LogP contribution in [0, 0.1) is 11.3 Å². The molecule has 0 saturated heterocycles. The van der Waals surface area contributed by atoms with Gasteiger partial charge >= 0.3 is 0 Å². The molecule has 78 valence electrons. The van der Waals surface area contributed by atoms with Crippen molar-refractivity contribution in [2.24, 2.45) is 0 Å². The van der Waals surface area contributed by atoms with Crippen LogP contribution >= 0.6 is 0 Å². The van der Waals surface area contributed by atoms with Crippen molar-refractivity contribution in [3.05, 3.63) is 42.0 Å². The zero-order chi connectivity index (χ0) is 11.5. The van der Waals surface area contributed by atoms with E-state index in [1.165, 1.54) is 10.8 Å². The SMILES string of the molecule is C=C(C)C[Si](C)(C)c1ccccc1C#N. The largest absolute Gasteiger partial charge is 0.192 e. The molecule has 0 saturated carbocycles. The van der Waals surface area contributed by atoms with Gasteiger partial charge in [0.15, 0.2) is 0 Å². The summed E-state index contributed by atoms with van der Waals surface area (Å²) in [5.74, 6) is 0. The summed E-state index contributed by atoms with van der Waals surface area (Å²) in [5, 5.41) is 10.3. The van der Waals surface area contributed by atoms with Crippen molar-refractivity contribution in [2.75, 3.05) is 0 Å². The van der Waals surface area contributed by atoms with Crippen LogP contribution in [0.15, 0.2) is 36.4 Å². The van der Waals surface area contributed by atoms with Crippen LogP contribution in [0.1, 0.15) is 12.5 Å². The summed E-state index contributed by atoms with van der Waals surface area (Å²) in [7, 11) is -1.53. The Kier molecular flexibility index (Phi) is 3.49. The highest BCUT2D eigenvalue weighted by Gasteiger charge is 2.25. The Bertz CT molecular complexity index is 413. The number of nitrogens with zero attached hydrogens (tertiary/aromatic N) is 1. The average molecular weight is 215 g/mol. The Balaban J connectivity index is 3.15. The van der Waals surface area contributed by atoms with E-state index >= 15 is 0 Å². The summed E-state index contributed by atoms with van der Waals surface area (Å²) in [5.41, 5.74) is 2.04. The minimum atomic E-state index is -1.53. The van der Waals surface area contributed by atoms with Gasteiger partial charge in [-0.2, -0.15) is 5.26 Å². The summed E-state index contributed by atoms with van der Waals surface area (Å²) in [4.78, 5) is 0. The molecule has 0 unspecified atom stereocenters. The molecule has 0 aliphatic carbocycles. The minimum absolute atomic E-state index is 0.829. The molecular weight excluding hydrogens is 198 g/mol. The first kappa shape index (κ1) is 11.7. The first-order valence-corrected chi connectivity index (χ1v) is 8.32. The summed E-state index contributed by atoms with van der Waals surface area (Å²) in [6.45, 7) is 10.6. The Morgan fingerprint density at radius 2 is 2.00 bits per heavy atom. The highest BCUT2D eigenvalue weighted by Crippen LogP contribution is 2.16. The fraction of sp³-hybridized carbons (Fsp3) is 0.308. The molecule has 0 aliphatic rings. The number of allylic oxidation sites excluding steroid dienone is 1. The molecule has 1 aromatic rings. The van der Waals surface area contributed by atoms with Crippen LogP contribution in [0.3, 0.4) is 0 Å². The van der Waals surface area contributed by atoms with Crippen LogP contribution in [0.2, 0.25) is 19.1 Å². The second kappa shape index (κ2) is 4.46. The highest BCUT2D eigenvalue weighted by molar-refractivity contribution is 6.90. The molecule has 0 atom stereocenters. The van der Waals surface area contributed by atoms with E-state index in [4.69, 9.17) is 5.26 Å². The average Bonchev–Trinajstić information content (AvgIpc) is 2.16. The van der Waals surface area contributed by atoms with Crippen molar-refractivity contribution in [3.8, 4) is 6.07 Å². The van der Waals surface area contributed by atoms with Gasteiger partial charge in [0.1, 0.15) is 0 Å². The zero-order valence-corrected chi connectivity index (χ0v) is 10.7. The van der Waals surface area contributed by atoms with E-state index in [1.54, 1.807) is 0 Å². The molecule has 0 N–H and O–H groups in total. The van der Waals surface area contributed by atoms with Gasteiger partial charge in [0.05, 0.1) is 19.7 Å². The van der Waals surface area contributed by atoms with Crippen molar-refractivity contribution in [2.45, 2.75) is 26.1 Å². The monoisotopic (exact) mass is 215 g/mol. The van der Waals surface area contributed by atoms with E-state index in [1.807, 2.05) is 18.2 Å². The fourth-order valence-electron chi connectivity index (χ4n) is 2.02. The lowest BCUT2D eigenvalue weighted by Gasteiger charge is -2.24. The molecule has 0 radical (unpaired) electrons. The number of hydrogen-bond acceptors (Lipinski definition) is 1. The van der Waals surface area contributed by atoms with Crippen LogP contribution in [0.5, 0.6) is 0 Å². The standard InChI is InChI=1S/C13H17NSi/c1-11(2)10-15(3,4)13-8-6-5-7-12(13)9-14/h5-8H,1,10H2,2-4H3. The van der Waals surface area contributed by atoms with Crippen LogP contribution in [0.25, 0.3) is 0 Å². The highest BCUT2D eigenvalue weighted by atomic mass is 28.3. The van der Waals surface area contributed by atoms with Crippen molar-refractivity contribution in [1.82, 2.24) is 0 Å². The maximum absolute atomic E-state index is 9.07. The predicted molar refractivity (Wildman–Crippen MR) is 67.9 cm³/mol. The van der Waals surface area contributed by atoms with Gasteiger partial charge < -0.3 is 0 Å². The Morgan fingerprint density at radius 1 is 1.40 bits per heavy atom. The van der Waals surface area contributed by atoms with E-state index in [2.05, 4.69) is 38.7 Å². The molecule has 0 heterocycles. The maximum atomic E-state index is 9.07. The van der Waals surface area contributed by atoms with Crippen LogP contribution in [0.4, 0.5) is 0 Å². The number of nitriles is 1. The van der Waals surface area contributed by atoms with Gasteiger partial charge in [-0.15, -0.1) is 6.58 Å². The van der Waals surface area contributed by atoms with Crippen molar-refractivity contribution < 1.29 is 0 Å². The molecule has 0 aromatic heterocycles. The van der Waals surface area contributed by atoms with Gasteiger partial charge in [-0.25, -0.2) is 0 Å². The quantitative estimate of drug-likeness (QED) is 0.561. The Labute approximate surface area is 93.1 Å². The van der Waals surface area contributed by atoms with Crippen molar-refractivity contribution >= 4 is 13.3 Å². The second-order valence-corrected chi connectivity index (χ2v) is 9.34. The normalized spacial score (nSPS) is 10.8.